The van der Waals surface area contributed by atoms with E-state index in [2.05, 4.69) is 33.1 Å². The normalized spacial score (nSPS) is 12.2. The molecule has 1 amide bonds. The van der Waals surface area contributed by atoms with Gasteiger partial charge in [-0.3, -0.25) is 14.9 Å². The van der Waals surface area contributed by atoms with E-state index in [0.29, 0.717) is 0 Å². The number of hydrazine groups is 1. The number of carbonyl (C=O) groups is 1. The molecule has 0 bridgehead atoms. The van der Waals surface area contributed by atoms with Crippen LogP contribution in [0.25, 0.3) is 0 Å². The van der Waals surface area contributed by atoms with Crippen LogP contribution in [0.2, 0.25) is 0 Å². The molecule has 3 N–H and O–H groups in total. The summed E-state index contributed by atoms with van der Waals surface area (Å²) >= 11 is 2.23. The van der Waals surface area contributed by atoms with Gasteiger partial charge in [0.05, 0.1) is 22.2 Å². The highest BCUT2D eigenvalue weighted by atomic mass is 127. The quantitative estimate of drug-likeness (QED) is 0.372. The number of amides is 1. The van der Waals surface area contributed by atoms with Gasteiger partial charge in [-0.05, 0) is 40.6 Å². The molecule has 6 heteroatoms. The molecular formula is C13H15IN4O. The molecule has 0 saturated carbocycles. The Morgan fingerprint density at radius 1 is 1.47 bits per heavy atom. The third-order valence-electron chi connectivity index (χ3n) is 2.96. The second kappa shape index (κ2) is 6.16. The van der Waals surface area contributed by atoms with Gasteiger partial charge >= 0.3 is 0 Å². The molecule has 5 nitrogen and oxygen atoms in total. The summed E-state index contributed by atoms with van der Waals surface area (Å²) in [6.07, 6.45) is 3.81. The lowest BCUT2D eigenvalue weighted by Crippen LogP contribution is -2.33. The number of rotatable bonds is 4. The number of halogens is 1. The molecule has 0 saturated heterocycles. The number of nitrogens with one attached hydrogen (secondary N) is 1. The average molecular weight is 370 g/mol. The summed E-state index contributed by atoms with van der Waals surface area (Å²) in [6.45, 7) is 2.55. The van der Waals surface area contributed by atoms with Gasteiger partial charge in [0, 0.05) is 6.20 Å². The average Bonchev–Trinajstić information content (AvgIpc) is 2.83. The second-order valence-electron chi connectivity index (χ2n) is 4.33. The molecule has 0 aliphatic rings. The Morgan fingerprint density at radius 2 is 2.16 bits per heavy atom. The number of aromatic nitrogens is 2. The minimum atomic E-state index is -0.246. The van der Waals surface area contributed by atoms with Crippen LogP contribution in [-0.4, -0.2) is 15.7 Å². The molecule has 0 spiro atoms. The first-order chi connectivity index (χ1) is 9.10. The zero-order valence-electron chi connectivity index (χ0n) is 10.5. The summed E-state index contributed by atoms with van der Waals surface area (Å²) in [4.78, 5) is 11.4. The largest absolute Gasteiger partial charge is 0.294 e. The lowest BCUT2D eigenvalue weighted by atomic mass is 9.99. The van der Waals surface area contributed by atoms with Crippen molar-refractivity contribution in [1.82, 2.24) is 15.2 Å². The summed E-state index contributed by atoms with van der Waals surface area (Å²) in [5, 5.41) is 4.24. The predicted octanol–water partition coefficient (Wildman–Crippen LogP) is 1.63. The molecule has 1 atom stereocenters. The van der Waals surface area contributed by atoms with E-state index in [1.165, 1.54) is 0 Å². The maximum atomic E-state index is 11.4. The number of hydrogen-bond donors (Lipinski definition) is 2. The van der Waals surface area contributed by atoms with Crippen LogP contribution >= 0.6 is 22.6 Å². The Morgan fingerprint density at radius 3 is 2.68 bits per heavy atom. The van der Waals surface area contributed by atoms with Gasteiger partial charge in [-0.25, -0.2) is 5.84 Å². The molecule has 0 aliphatic carbocycles. The zero-order valence-corrected chi connectivity index (χ0v) is 12.7. The van der Waals surface area contributed by atoms with Crippen LogP contribution in [0.3, 0.4) is 0 Å². The van der Waals surface area contributed by atoms with Crippen LogP contribution in [0, 0.1) is 3.57 Å². The molecule has 0 radical (unpaired) electrons. The Labute approximate surface area is 125 Å². The number of hydrogen-bond acceptors (Lipinski definition) is 3. The fraction of sp³-hybridized carbons (Fsp3) is 0.231. The molecule has 2 aromatic rings. The van der Waals surface area contributed by atoms with Crippen molar-refractivity contribution in [2.45, 2.75) is 19.4 Å². The van der Waals surface area contributed by atoms with E-state index in [4.69, 9.17) is 5.84 Å². The lowest BCUT2D eigenvalue weighted by Gasteiger charge is -2.10. The van der Waals surface area contributed by atoms with Crippen LogP contribution in [0.1, 0.15) is 24.0 Å². The minimum absolute atomic E-state index is 0.186. The molecule has 100 valence electrons. The molecule has 19 heavy (non-hydrogen) atoms. The van der Waals surface area contributed by atoms with Crippen molar-refractivity contribution >= 4 is 28.5 Å². The van der Waals surface area contributed by atoms with Crippen molar-refractivity contribution in [3.8, 4) is 0 Å². The zero-order chi connectivity index (χ0) is 13.8. The van der Waals surface area contributed by atoms with E-state index in [0.717, 1.165) is 21.2 Å². The van der Waals surface area contributed by atoms with Crippen LogP contribution in [0.15, 0.2) is 36.7 Å². The summed E-state index contributed by atoms with van der Waals surface area (Å²) in [5.41, 5.74) is 4.25. The minimum Gasteiger partial charge on any atom is -0.294 e. The van der Waals surface area contributed by atoms with Gasteiger partial charge in [-0.2, -0.15) is 5.10 Å². The monoisotopic (exact) mass is 370 g/mol. The standard InChI is InChI=1S/C13H15IN4O/c1-9(13(19)17-15)11-4-2-10(3-5-11)7-18-8-12(14)6-16-18/h2-6,8-9H,7,15H2,1H3,(H,17,19). The molecule has 0 fully saturated rings. The molecule has 2 rings (SSSR count). The first kappa shape index (κ1) is 14.0. The van der Waals surface area contributed by atoms with Crippen LogP contribution in [-0.2, 0) is 11.3 Å². The lowest BCUT2D eigenvalue weighted by molar-refractivity contribution is -0.122. The van der Waals surface area contributed by atoms with Crippen molar-refractivity contribution in [3.05, 3.63) is 51.4 Å². The fourth-order valence-electron chi connectivity index (χ4n) is 1.80. The highest BCUT2D eigenvalue weighted by molar-refractivity contribution is 14.1. The van der Waals surface area contributed by atoms with Crippen molar-refractivity contribution < 1.29 is 4.79 Å². The Hall–Kier alpha value is -1.41. The summed E-state index contributed by atoms with van der Waals surface area (Å²) in [7, 11) is 0. The highest BCUT2D eigenvalue weighted by Gasteiger charge is 2.13. The van der Waals surface area contributed by atoms with E-state index < -0.39 is 0 Å². The van der Waals surface area contributed by atoms with Crippen molar-refractivity contribution in [2.75, 3.05) is 0 Å². The topological polar surface area (TPSA) is 72.9 Å². The first-order valence-electron chi connectivity index (χ1n) is 5.87. The van der Waals surface area contributed by atoms with E-state index in [1.54, 1.807) is 0 Å². The van der Waals surface area contributed by atoms with Gasteiger partial charge in [-0.15, -0.1) is 0 Å². The van der Waals surface area contributed by atoms with Crippen molar-refractivity contribution in [3.63, 3.8) is 0 Å². The Bertz CT molecular complexity index is 564. The molecule has 1 aromatic carbocycles. The second-order valence-corrected chi connectivity index (χ2v) is 5.57. The maximum Gasteiger partial charge on any atom is 0.241 e. The number of nitrogens with zero attached hydrogens (tertiary/aromatic N) is 2. The van der Waals surface area contributed by atoms with E-state index >= 15 is 0 Å². The molecule has 0 aliphatic heterocycles. The first-order valence-corrected chi connectivity index (χ1v) is 6.95. The summed E-state index contributed by atoms with van der Waals surface area (Å²) in [5.74, 6) is 4.70. The highest BCUT2D eigenvalue weighted by Crippen LogP contribution is 2.16. The Balaban J connectivity index is 2.08. The van der Waals surface area contributed by atoms with Gasteiger partial charge in [0.1, 0.15) is 0 Å². The number of nitrogens with two attached hydrogens (primary N) is 1. The van der Waals surface area contributed by atoms with Gasteiger partial charge in [-0.1, -0.05) is 24.3 Å². The van der Waals surface area contributed by atoms with Crippen molar-refractivity contribution in [1.29, 1.82) is 0 Å². The van der Waals surface area contributed by atoms with E-state index in [9.17, 15) is 4.79 Å². The predicted molar refractivity (Wildman–Crippen MR) is 81.2 cm³/mol. The molecular weight excluding hydrogens is 355 g/mol. The van der Waals surface area contributed by atoms with Gasteiger partial charge < -0.3 is 0 Å². The summed E-state index contributed by atoms with van der Waals surface area (Å²) < 4.78 is 3.00. The van der Waals surface area contributed by atoms with Gasteiger partial charge in [0.15, 0.2) is 0 Å². The summed E-state index contributed by atoms with van der Waals surface area (Å²) in [6, 6.07) is 7.90. The van der Waals surface area contributed by atoms with Crippen LogP contribution in [0.5, 0.6) is 0 Å². The van der Waals surface area contributed by atoms with Gasteiger partial charge in [0.2, 0.25) is 5.91 Å². The molecule has 1 aromatic heterocycles. The molecule has 1 heterocycles. The number of benzene rings is 1. The maximum absolute atomic E-state index is 11.4. The van der Waals surface area contributed by atoms with Crippen LogP contribution in [0.4, 0.5) is 0 Å². The van der Waals surface area contributed by atoms with Crippen molar-refractivity contribution in [2.24, 2.45) is 5.84 Å². The number of carbonyl (C=O) groups excluding carboxylic acids is 1. The fourth-order valence-corrected chi connectivity index (χ4v) is 2.25. The Kier molecular flexibility index (Phi) is 4.54. The molecule has 1 unspecified atom stereocenters. The van der Waals surface area contributed by atoms with E-state index in [1.807, 2.05) is 48.3 Å². The third kappa shape index (κ3) is 3.54. The van der Waals surface area contributed by atoms with Gasteiger partial charge in [0.25, 0.3) is 0 Å². The SMILES string of the molecule is CC(C(=O)NN)c1ccc(Cn2cc(I)cn2)cc1. The van der Waals surface area contributed by atoms with E-state index in [-0.39, 0.29) is 11.8 Å². The van der Waals surface area contributed by atoms with Crippen LogP contribution < -0.4 is 11.3 Å². The third-order valence-corrected chi connectivity index (χ3v) is 3.52. The smallest absolute Gasteiger partial charge is 0.241 e.